The molecule has 0 N–H and O–H groups in total. The Balaban J connectivity index is 5.88. The summed E-state index contributed by atoms with van der Waals surface area (Å²) in [5.74, 6) is -1.92. The summed E-state index contributed by atoms with van der Waals surface area (Å²) < 4.78 is 45.7. The van der Waals surface area contributed by atoms with Crippen molar-refractivity contribution in [3.05, 3.63) is 0 Å². The molecule has 0 atom stereocenters. The predicted octanol–water partition coefficient (Wildman–Crippen LogP) is 4.69. The van der Waals surface area contributed by atoms with Crippen LogP contribution in [0, 0.1) is 5.41 Å². The van der Waals surface area contributed by atoms with Gasteiger partial charge in [0.15, 0.2) is 0 Å². The summed E-state index contributed by atoms with van der Waals surface area (Å²) in [6, 6.07) is 0. The molecule has 0 rings (SSSR count). The molecular formula is C45H88N4O12. The van der Waals surface area contributed by atoms with Crippen LogP contribution in [0.1, 0.15) is 107 Å². The SMILES string of the molecule is CC(C)OCCCN(C)CCC(=O)OCC(COC(=O)CCN(C)CCCOC(C)C)(COC(=O)CCN(C)CCCOC(C)C)COC(=O)CCN(C)CCCOC(C)C. The average molecular weight is 877 g/mol. The Hall–Kier alpha value is -2.44. The first-order valence-electron chi connectivity index (χ1n) is 22.7. The highest BCUT2D eigenvalue weighted by Gasteiger charge is 2.38. The van der Waals surface area contributed by atoms with Gasteiger partial charge in [0.25, 0.3) is 0 Å². The van der Waals surface area contributed by atoms with Crippen LogP contribution in [-0.4, -0.2) is 201 Å². The van der Waals surface area contributed by atoms with E-state index in [4.69, 9.17) is 37.9 Å². The summed E-state index contributed by atoms with van der Waals surface area (Å²) in [5, 5.41) is 0. The predicted molar refractivity (Wildman–Crippen MR) is 238 cm³/mol. The van der Waals surface area contributed by atoms with Crippen molar-refractivity contribution in [3.63, 3.8) is 0 Å². The van der Waals surface area contributed by atoms with Crippen LogP contribution in [-0.2, 0) is 57.1 Å². The Kier molecular flexibility index (Phi) is 34.5. The minimum Gasteiger partial charge on any atom is -0.465 e. The van der Waals surface area contributed by atoms with Gasteiger partial charge in [-0.15, -0.1) is 0 Å². The lowest BCUT2D eigenvalue weighted by Gasteiger charge is -2.32. The first-order chi connectivity index (χ1) is 28.8. The maximum atomic E-state index is 13.2. The van der Waals surface area contributed by atoms with E-state index in [1.54, 1.807) is 0 Å². The molecule has 0 saturated heterocycles. The lowest BCUT2D eigenvalue weighted by atomic mass is 9.92. The molecule has 0 aliphatic carbocycles. The molecule has 0 aromatic rings. The van der Waals surface area contributed by atoms with Crippen molar-refractivity contribution in [1.29, 1.82) is 0 Å². The zero-order valence-electron chi connectivity index (χ0n) is 40.5. The molecule has 0 radical (unpaired) electrons. The van der Waals surface area contributed by atoms with Crippen molar-refractivity contribution < 1.29 is 57.1 Å². The third-order valence-corrected chi connectivity index (χ3v) is 9.49. The first-order valence-corrected chi connectivity index (χ1v) is 22.7. The maximum absolute atomic E-state index is 13.2. The van der Waals surface area contributed by atoms with Gasteiger partial charge < -0.3 is 57.5 Å². The average Bonchev–Trinajstić information content (AvgIpc) is 3.20. The molecular weight excluding hydrogens is 789 g/mol. The van der Waals surface area contributed by atoms with Gasteiger partial charge in [-0.2, -0.15) is 0 Å². The van der Waals surface area contributed by atoms with E-state index in [1.807, 2.05) is 103 Å². The largest absolute Gasteiger partial charge is 0.465 e. The minimum atomic E-state index is -1.35. The highest BCUT2D eigenvalue weighted by atomic mass is 16.6. The lowest BCUT2D eigenvalue weighted by molar-refractivity contribution is -0.171. The second-order valence-corrected chi connectivity index (χ2v) is 17.4. The quantitative estimate of drug-likeness (QED) is 0.0475. The van der Waals surface area contributed by atoms with Crippen LogP contribution in [0.2, 0.25) is 0 Å². The number of rotatable bonds is 40. The Morgan fingerprint density at radius 2 is 0.557 bits per heavy atom. The standard InChI is InChI=1S/C45H88N4O12/c1-37(2)54-29-13-21-46(9)25-17-41(50)58-33-45(34-59-42(51)18-26-47(10)22-14-30-55-38(3)4,35-60-43(52)19-27-48(11)23-15-31-56-39(5)6)36-61-44(53)20-28-49(12)24-16-32-57-40(7)8/h37-40H,13-36H2,1-12H3. The molecule has 0 aromatic carbocycles. The molecule has 16 nitrogen and oxygen atoms in total. The summed E-state index contributed by atoms with van der Waals surface area (Å²) in [6.45, 7) is 22.0. The fourth-order valence-corrected chi connectivity index (χ4v) is 5.66. The molecule has 61 heavy (non-hydrogen) atoms. The van der Waals surface area contributed by atoms with E-state index >= 15 is 0 Å². The molecule has 0 fully saturated rings. The van der Waals surface area contributed by atoms with Crippen LogP contribution in [0.4, 0.5) is 0 Å². The summed E-state index contributed by atoms with van der Waals surface area (Å²) in [6.07, 6.45) is 4.33. The van der Waals surface area contributed by atoms with Gasteiger partial charge in [0.05, 0.1) is 50.1 Å². The number of carbonyl (C=O) groups excluding carboxylic acids is 4. The first kappa shape index (κ1) is 58.6. The second-order valence-electron chi connectivity index (χ2n) is 17.4. The number of carbonyl (C=O) groups is 4. The van der Waals surface area contributed by atoms with E-state index < -0.39 is 29.3 Å². The van der Waals surface area contributed by atoms with Crippen molar-refractivity contribution in [2.45, 2.75) is 131 Å². The number of esters is 4. The number of hydrogen-bond acceptors (Lipinski definition) is 16. The van der Waals surface area contributed by atoms with E-state index in [9.17, 15) is 19.2 Å². The van der Waals surface area contributed by atoms with Crippen molar-refractivity contribution in [2.75, 3.05) is 133 Å². The van der Waals surface area contributed by atoms with Crippen molar-refractivity contribution >= 4 is 23.9 Å². The third-order valence-electron chi connectivity index (χ3n) is 9.49. The topological polar surface area (TPSA) is 155 Å². The van der Waals surface area contributed by atoms with Gasteiger partial charge in [0.2, 0.25) is 0 Å². The van der Waals surface area contributed by atoms with Crippen LogP contribution in [0.3, 0.4) is 0 Å². The van der Waals surface area contributed by atoms with E-state index in [0.29, 0.717) is 52.6 Å². The summed E-state index contributed by atoms with van der Waals surface area (Å²) in [7, 11) is 7.71. The van der Waals surface area contributed by atoms with Crippen LogP contribution < -0.4 is 0 Å². The molecule has 0 aliphatic heterocycles. The van der Waals surface area contributed by atoms with E-state index in [-0.39, 0.29) is 76.5 Å². The van der Waals surface area contributed by atoms with E-state index in [2.05, 4.69) is 0 Å². The molecule has 16 heteroatoms. The smallest absolute Gasteiger partial charge is 0.307 e. The number of hydrogen-bond donors (Lipinski definition) is 0. The van der Waals surface area contributed by atoms with Gasteiger partial charge in [-0.1, -0.05) is 0 Å². The monoisotopic (exact) mass is 877 g/mol. The third kappa shape index (κ3) is 36.7. The minimum absolute atomic E-state index is 0.106. The highest BCUT2D eigenvalue weighted by Crippen LogP contribution is 2.23. The Morgan fingerprint density at radius 1 is 0.361 bits per heavy atom. The molecule has 0 aliphatic rings. The van der Waals surface area contributed by atoms with Crippen LogP contribution in [0.15, 0.2) is 0 Å². The van der Waals surface area contributed by atoms with Crippen LogP contribution in [0.25, 0.3) is 0 Å². The van der Waals surface area contributed by atoms with Gasteiger partial charge in [-0.25, -0.2) is 0 Å². The van der Waals surface area contributed by atoms with E-state index in [1.165, 1.54) is 0 Å². The lowest BCUT2D eigenvalue weighted by Crippen LogP contribution is -2.44. The molecule has 0 heterocycles. The van der Waals surface area contributed by atoms with Gasteiger partial charge >= 0.3 is 23.9 Å². The molecule has 360 valence electrons. The number of ether oxygens (including phenoxy) is 8. The fraction of sp³-hybridized carbons (Fsp3) is 0.911. The molecule has 0 amide bonds. The molecule has 0 bridgehead atoms. The van der Waals surface area contributed by atoms with Crippen molar-refractivity contribution in [2.24, 2.45) is 5.41 Å². The van der Waals surface area contributed by atoms with Gasteiger partial charge in [0.1, 0.15) is 31.8 Å². The Bertz CT molecular complexity index is 969. The van der Waals surface area contributed by atoms with Crippen LogP contribution in [0.5, 0.6) is 0 Å². The Labute approximate surface area is 369 Å². The van der Waals surface area contributed by atoms with Gasteiger partial charge in [0, 0.05) is 78.8 Å². The summed E-state index contributed by atoms with van der Waals surface area (Å²) in [4.78, 5) is 60.7. The van der Waals surface area contributed by atoms with Crippen LogP contribution >= 0.6 is 0 Å². The maximum Gasteiger partial charge on any atom is 0.307 e. The van der Waals surface area contributed by atoms with Gasteiger partial charge in [-0.05, 0) is 109 Å². The van der Waals surface area contributed by atoms with Gasteiger partial charge in [-0.3, -0.25) is 19.2 Å². The molecule has 0 saturated carbocycles. The Morgan fingerprint density at radius 3 is 0.738 bits per heavy atom. The fourth-order valence-electron chi connectivity index (χ4n) is 5.66. The van der Waals surface area contributed by atoms with Crippen molar-refractivity contribution in [1.82, 2.24) is 19.6 Å². The number of nitrogens with zero attached hydrogens (tertiary/aromatic N) is 4. The molecule has 0 aromatic heterocycles. The highest BCUT2D eigenvalue weighted by molar-refractivity contribution is 5.71. The zero-order chi connectivity index (χ0) is 46.1. The second kappa shape index (κ2) is 36.0. The summed E-state index contributed by atoms with van der Waals surface area (Å²) in [5.41, 5.74) is -1.35. The zero-order valence-corrected chi connectivity index (χ0v) is 40.5. The normalized spacial score (nSPS) is 12.3. The van der Waals surface area contributed by atoms with Crippen molar-refractivity contribution in [3.8, 4) is 0 Å². The molecule has 0 unspecified atom stereocenters. The van der Waals surface area contributed by atoms with E-state index in [0.717, 1.165) is 51.9 Å². The summed E-state index contributed by atoms with van der Waals surface area (Å²) >= 11 is 0. The molecule has 0 spiro atoms.